The Balaban J connectivity index is 1.46. The molecule has 3 aromatic rings. The molecule has 1 fully saturated rings. The van der Waals surface area contributed by atoms with Crippen molar-refractivity contribution >= 4 is 45.8 Å². The quantitative estimate of drug-likeness (QED) is 0.208. The Kier molecular flexibility index (Phi) is 8.32. The zero-order chi connectivity index (χ0) is 26.6. The summed E-state index contributed by atoms with van der Waals surface area (Å²) in [5, 5.41) is 5.77. The van der Waals surface area contributed by atoms with Crippen LogP contribution in [0.15, 0.2) is 54.9 Å². The zero-order valence-corrected chi connectivity index (χ0v) is 22.0. The molecule has 37 heavy (non-hydrogen) atoms. The first-order chi connectivity index (χ1) is 17.7. The predicted molar refractivity (Wildman–Crippen MR) is 140 cm³/mol. The minimum atomic E-state index is -1.30. The van der Waals surface area contributed by atoms with Crippen molar-refractivity contribution < 1.29 is 27.5 Å². The van der Waals surface area contributed by atoms with Gasteiger partial charge in [-0.1, -0.05) is 6.07 Å². The number of amides is 1. The second-order valence-electron chi connectivity index (χ2n) is 8.76. The first-order valence-corrected chi connectivity index (χ1v) is 12.5. The normalized spacial score (nSPS) is 14.1. The van der Waals surface area contributed by atoms with E-state index in [4.69, 9.17) is 4.74 Å². The number of hydrogen-bond donors (Lipinski definition) is 2. The third-order valence-corrected chi connectivity index (χ3v) is 6.55. The Morgan fingerprint density at radius 1 is 1.14 bits per heavy atom. The molecule has 0 bridgehead atoms. The van der Waals surface area contributed by atoms with Crippen molar-refractivity contribution in [2.24, 2.45) is 0 Å². The van der Waals surface area contributed by atoms with Crippen LogP contribution in [0.4, 0.5) is 24.5 Å². The molecular formula is C26H24F3IN4O3. The molecule has 7 nitrogen and oxygen atoms in total. The summed E-state index contributed by atoms with van der Waals surface area (Å²) in [4.78, 5) is 30.5. The number of esters is 1. The first kappa shape index (κ1) is 26.9. The van der Waals surface area contributed by atoms with Gasteiger partial charge in [-0.05, 0) is 77.5 Å². The van der Waals surface area contributed by atoms with Crippen LogP contribution in [-0.4, -0.2) is 53.5 Å². The molecule has 0 aliphatic carbocycles. The van der Waals surface area contributed by atoms with Crippen LogP contribution in [0.5, 0.6) is 0 Å². The first-order valence-electron chi connectivity index (χ1n) is 11.5. The van der Waals surface area contributed by atoms with Crippen molar-refractivity contribution in [3.8, 4) is 0 Å². The fourth-order valence-corrected chi connectivity index (χ4v) is 4.61. The summed E-state index contributed by atoms with van der Waals surface area (Å²) in [5.41, 5.74) is -0.646. The van der Waals surface area contributed by atoms with E-state index < -0.39 is 40.6 Å². The lowest BCUT2D eigenvalue weighted by Crippen LogP contribution is -2.69. The van der Waals surface area contributed by atoms with Crippen molar-refractivity contribution in [1.29, 1.82) is 0 Å². The maximum Gasteiger partial charge on any atom is 0.303 e. The molecule has 1 aromatic heterocycles. The summed E-state index contributed by atoms with van der Waals surface area (Å²) in [6.07, 6.45) is 4.17. The number of nitrogens with one attached hydrogen (secondary N) is 2. The van der Waals surface area contributed by atoms with Crippen molar-refractivity contribution in [2.75, 3.05) is 31.5 Å². The van der Waals surface area contributed by atoms with Crippen LogP contribution in [-0.2, 0) is 16.0 Å². The van der Waals surface area contributed by atoms with Gasteiger partial charge in [0.1, 0.15) is 5.82 Å². The van der Waals surface area contributed by atoms with Gasteiger partial charge < -0.3 is 20.3 Å². The van der Waals surface area contributed by atoms with E-state index in [1.807, 2.05) is 34.7 Å². The van der Waals surface area contributed by atoms with Gasteiger partial charge in [-0.15, -0.1) is 0 Å². The number of aromatic nitrogens is 1. The molecule has 194 valence electrons. The number of rotatable bonds is 9. The second-order valence-corrected chi connectivity index (χ2v) is 10.0. The van der Waals surface area contributed by atoms with Gasteiger partial charge in [0.2, 0.25) is 0 Å². The molecular weight excluding hydrogens is 600 g/mol. The Labute approximate surface area is 225 Å². The topological polar surface area (TPSA) is 83.6 Å². The SMILES string of the molecule is CC(=O)OC1(CNCCc2cccnc2)CN(C(=O)c2ccc(F)c(F)c2Nc2ccc(I)cc2F)C1. The van der Waals surface area contributed by atoms with Gasteiger partial charge in [0.25, 0.3) is 5.91 Å². The number of likely N-dealkylation sites (tertiary alicyclic amines) is 1. The van der Waals surface area contributed by atoms with Gasteiger partial charge in [0, 0.05) is 29.4 Å². The van der Waals surface area contributed by atoms with Gasteiger partial charge in [-0.2, -0.15) is 0 Å². The number of ether oxygens (including phenoxy) is 1. The summed E-state index contributed by atoms with van der Waals surface area (Å²) in [7, 11) is 0. The van der Waals surface area contributed by atoms with Crippen LogP contribution < -0.4 is 10.6 Å². The Morgan fingerprint density at radius 3 is 2.59 bits per heavy atom. The molecule has 1 saturated heterocycles. The molecule has 2 N–H and O–H groups in total. The summed E-state index contributed by atoms with van der Waals surface area (Å²) in [6, 6.07) is 9.99. The number of anilines is 2. The van der Waals surface area contributed by atoms with E-state index in [9.17, 15) is 22.8 Å². The monoisotopic (exact) mass is 624 g/mol. The summed E-state index contributed by atoms with van der Waals surface area (Å²) in [5.74, 6) is -4.26. The molecule has 1 aliphatic heterocycles. The Hall–Kier alpha value is -3.19. The molecule has 11 heteroatoms. The number of benzene rings is 2. The molecule has 2 aromatic carbocycles. The van der Waals surface area contributed by atoms with Crippen molar-refractivity contribution in [1.82, 2.24) is 15.2 Å². The lowest BCUT2D eigenvalue weighted by Gasteiger charge is -2.49. The van der Waals surface area contributed by atoms with E-state index in [-0.39, 0.29) is 24.3 Å². The molecule has 4 rings (SSSR count). The summed E-state index contributed by atoms with van der Waals surface area (Å²) < 4.78 is 49.3. The summed E-state index contributed by atoms with van der Waals surface area (Å²) in [6.45, 7) is 2.30. The van der Waals surface area contributed by atoms with Crippen LogP contribution >= 0.6 is 22.6 Å². The molecule has 1 aliphatic rings. The highest BCUT2D eigenvalue weighted by molar-refractivity contribution is 14.1. The van der Waals surface area contributed by atoms with Gasteiger partial charge in [-0.25, -0.2) is 13.2 Å². The number of pyridine rings is 1. The highest BCUT2D eigenvalue weighted by Crippen LogP contribution is 2.33. The average molecular weight is 624 g/mol. The molecule has 1 amide bonds. The van der Waals surface area contributed by atoms with Crippen LogP contribution in [0.25, 0.3) is 0 Å². The highest BCUT2D eigenvalue weighted by atomic mass is 127. The van der Waals surface area contributed by atoms with E-state index in [0.717, 1.165) is 17.7 Å². The fraction of sp³-hybridized carbons (Fsp3) is 0.269. The number of halogens is 4. The largest absolute Gasteiger partial charge is 0.454 e. The Bertz CT molecular complexity index is 1300. The predicted octanol–water partition coefficient (Wildman–Crippen LogP) is 4.44. The smallest absolute Gasteiger partial charge is 0.303 e. The second kappa shape index (κ2) is 11.5. The minimum Gasteiger partial charge on any atom is -0.454 e. The van der Waals surface area contributed by atoms with E-state index >= 15 is 0 Å². The maximum absolute atomic E-state index is 14.8. The van der Waals surface area contributed by atoms with E-state index in [1.165, 1.54) is 24.0 Å². The van der Waals surface area contributed by atoms with Crippen LogP contribution in [0, 0.1) is 21.0 Å². The number of carbonyl (C=O) groups is 2. The molecule has 0 radical (unpaired) electrons. The minimum absolute atomic E-state index is 0.0572. The number of hydrogen-bond acceptors (Lipinski definition) is 6. The standard InChI is InChI=1S/C26H24F3IN4O3/c1-16(35)37-26(13-32-10-8-17-3-2-9-31-12-17)14-34(15-26)25(36)19-5-6-20(27)23(29)24(19)33-22-7-4-18(30)11-21(22)28/h2-7,9,11-12,32-33H,8,10,13-15H2,1H3. The van der Waals surface area contributed by atoms with E-state index in [1.54, 1.807) is 18.5 Å². The molecule has 0 spiro atoms. The number of carbonyl (C=O) groups excluding carboxylic acids is 2. The number of nitrogens with zero attached hydrogens (tertiary/aromatic N) is 2. The third kappa shape index (κ3) is 6.39. The zero-order valence-electron chi connectivity index (χ0n) is 19.9. The van der Waals surface area contributed by atoms with Gasteiger partial charge in [0.15, 0.2) is 17.2 Å². The lowest BCUT2D eigenvalue weighted by molar-refractivity contribution is -0.172. The van der Waals surface area contributed by atoms with Gasteiger partial charge in [0.05, 0.1) is 30.0 Å². The van der Waals surface area contributed by atoms with Crippen LogP contribution in [0.1, 0.15) is 22.8 Å². The van der Waals surface area contributed by atoms with Crippen molar-refractivity contribution in [2.45, 2.75) is 18.9 Å². The fourth-order valence-electron chi connectivity index (χ4n) is 4.15. The molecule has 0 saturated carbocycles. The Morgan fingerprint density at radius 2 is 1.92 bits per heavy atom. The highest BCUT2D eigenvalue weighted by Gasteiger charge is 2.48. The lowest BCUT2D eigenvalue weighted by atomic mass is 9.92. The molecule has 0 atom stereocenters. The van der Waals surface area contributed by atoms with E-state index in [2.05, 4.69) is 15.6 Å². The molecule has 0 unspecified atom stereocenters. The van der Waals surface area contributed by atoms with Crippen LogP contribution in [0.3, 0.4) is 0 Å². The summed E-state index contributed by atoms with van der Waals surface area (Å²) >= 11 is 1.92. The van der Waals surface area contributed by atoms with Crippen molar-refractivity contribution in [3.63, 3.8) is 0 Å². The van der Waals surface area contributed by atoms with Gasteiger partial charge >= 0.3 is 5.97 Å². The molecule has 2 heterocycles. The van der Waals surface area contributed by atoms with Gasteiger partial charge in [-0.3, -0.25) is 14.6 Å². The van der Waals surface area contributed by atoms with E-state index in [0.29, 0.717) is 23.1 Å². The maximum atomic E-state index is 14.8. The van der Waals surface area contributed by atoms with Crippen LogP contribution in [0.2, 0.25) is 0 Å². The third-order valence-electron chi connectivity index (χ3n) is 5.88. The average Bonchev–Trinajstić information content (AvgIpc) is 2.84. The van der Waals surface area contributed by atoms with Crippen molar-refractivity contribution in [3.05, 3.63) is 87.0 Å².